The lowest BCUT2D eigenvalue weighted by Crippen LogP contribution is -2.30. The van der Waals surface area contributed by atoms with Crippen LogP contribution in [0.4, 0.5) is 0 Å². The zero-order chi connectivity index (χ0) is 13.1. The van der Waals surface area contributed by atoms with Crippen molar-refractivity contribution >= 4 is 17.2 Å². The standard InChI is InChI=1S/C14H17NO2S/c1-9(2)13(12-5-4-8-18-12)15-14(16)11-7-6-10(3)17-11/h4-9,13H,1-3H3,(H,15,16). The van der Waals surface area contributed by atoms with Gasteiger partial charge in [0.15, 0.2) is 5.76 Å². The fraction of sp³-hybridized carbons (Fsp3) is 0.357. The summed E-state index contributed by atoms with van der Waals surface area (Å²) in [6.07, 6.45) is 0. The van der Waals surface area contributed by atoms with Crippen molar-refractivity contribution in [3.63, 3.8) is 0 Å². The number of thiophene rings is 1. The number of hydrogen-bond acceptors (Lipinski definition) is 3. The van der Waals surface area contributed by atoms with Gasteiger partial charge in [-0.25, -0.2) is 0 Å². The minimum atomic E-state index is -0.157. The Labute approximate surface area is 111 Å². The Balaban J connectivity index is 2.13. The maximum Gasteiger partial charge on any atom is 0.287 e. The third-order valence-electron chi connectivity index (χ3n) is 2.77. The van der Waals surface area contributed by atoms with Crippen LogP contribution in [-0.4, -0.2) is 5.91 Å². The number of hydrogen-bond donors (Lipinski definition) is 1. The quantitative estimate of drug-likeness (QED) is 0.912. The summed E-state index contributed by atoms with van der Waals surface area (Å²) in [7, 11) is 0. The topological polar surface area (TPSA) is 42.2 Å². The highest BCUT2D eigenvalue weighted by molar-refractivity contribution is 7.10. The molecule has 2 rings (SSSR count). The average molecular weight is 263 g/mol. The summed E-state index contributed by atoms with van der Waals surface area (Å²) in [4.78, 5) is 13.2. The maximum atomic E-state index is 12.1. The molecule has 2 aromatic rings. The van der Waals surface area contributed by atoms with Gasteiger partial charge in [-0.1, -0.05) is 19.9 Å². The van der Waals surface area contributed by atoms with Crippen molar-refractivity contribution in [1.82, 2.24) is 5.32 Å². The molecule has 2 aromatic heterocycles. The van der Waals surface area contributed by atoms with Gasteiger partial charge in [-0.2, -0.15) is 0 Å². The SMILES string of the molecule is Cc1ccc(C(=O)NC(c2cccs2)C(C)C)o1. The van der Waals surface area contributed by atoms with Crippen molar-refractivity contribution in [3.05, 3.63) is 46.0 Å². The zero-order valence-corrected chi connectivity index (χ0v) is 11.6. The Kier molecular flexibility index (Phi) is 3.87. The minimum absolute atomic E-state index is 0.0305. The Hall–Kier alpha value is -1.55. The lowest BCUT2D eigenvalue weighted by atomic mass is 10.0. The van der Waals surface area contributed by atoms with Gasteiger partial charge in [0.25, 0.3) is 5.91 Å². The highest BCUT2D eigenvalue weighted by atomic mass is 32.1. The van der Waals surface area contributed by atoms with E-state index in [4.69, 9.17) is 4.42 Å². The van der Waals surface area contributed by atoms with E-state index in [0.29, 0.717) is 11.7 Å². The van der Waals surface area contributed by atoms with E-state index in [2.05, 4.69) is 19.2 Å². The summed E-state index contributed by atoms with van der Waals surface area (Å²) in [5, 5.41) is 5.05. The average Bonchev–Trinajstić information content (AvgIpc) is 2.95. The Bertz CT molecular complexity index is 514. The smallest absolute Gasteiger partial charge is 0.287 e. The molecule has 0 aromatic carbocycles. The van der Waals surface area contributed by atoms with E-state index in [9.17, 15) is 4.79 Å². The molecule has 1 atom stereocenters. The molecule has 96 valence electrons. The molecule has 0 saturated carbocycles. The van der Waals surface area contributed by atoms with Crippen LogP contribution in [0.1, 0.15) is 41.1 Å². The third kappa shape index (κ3) is 2.82. The molecule has 1 N–H and O–H groups in total. The van der Waals surface area contributed by atoms with Crippen LogP contribution in [0.25, 0.3) is 0 Å². The molecule has 0 saturated heterocycles. The second-order valence-electron chi connectivity index (χ2n) is 4.62. The van der Waals surface area contributed by atoms with Crippen molar-refractivity contribution in [1.29, 1.82) is 0 Å². The first-order valence-electron chi connectivity index (χ1n) is 5.98. The number of amides is 1. The van der Waals surface area contributed by atoms with E-state index in [1.165, 1.54) is 4.88 Å². The molecule has 3 nitrogen and oxygen atoms in total. The van der Waals surface area contributed by atoms with Gasteiger partial charge in [0, 0.05) is 4.88 Å². The van der Waals surface area contributed by atoms with Gasteiger partial charge in [0.1, 0.15) is 5.76 Å². The molecular formula is C14H17NO2S. The zero-order valence-electron chi connectivity index (χ0n) is 10.8. The van der Waals surface area contributed by atoms with E-state index < -0.39 is 0 Å². The molecule has 0 radical (unpaired) electrons. The van der Waals surface area contributed by atoms with Crippen LogP contribution in [-0.2, 0) is 0 Å². The van der Waals surface area contributed by atoms with Crippen molar-refractivity contribution < 1.29 is 9.21 Å². The van der Waals surface area contributed by atoms with Crippen LogP contribution < -0.4 is 5.32 Å². The van der Waals surface area contributed by atoms with Crippen LogP contribution in [0.3, 0.4) is 0 Å². The molecule has 0 aliphatic heterocycles. The summed E-state index contributed by atoms with van der Waals surface area (Å²) < 4.78 is 5.33. The predicted molar refractivity (Wildman–Crippen MR) is 72.8 cm³/mol. The van der Waals surface area contributed by atoms with E-state index in [1.807, 2.05) is 24.4 Å². The van der Waals surface area contributed by atoms with E-state index in [-0.39, 0.29) is 11.9 Å². The van der Waals surface area contributed by atoms with Gasteiger partial charge in [-0.3, -0.25) is 4.79 Å². The molecule has 0 bridgehead atoms. The first kappa shape index (κ1) is 12.9. The first-order chi connectivity index (χ1) is 8.58. The number of nitrogens with one attached hydrogen (secondary N) is 1. The number of carbonyl (C=O) groups is 1. The lowest BCUT2D eigenvalue weighted by Gasteiger charge is -2.20. The van der Waals surface area contributed by atoms with Crippen molar-refractivity contribution in [2.45, 2.75) is 26.8 Å². The molecule has 1 amide bonds. The second kappa shape index (κ2) is 5.40. The molecule has 2 heterocycles. The van der Waals surface area contributed by atoms with Gasteiger partial charge < -0.3 is 9.73 Å². The molecule has 0 aliphatic rings. The summed E-state index contributed by atoms with van der Waals surface area (Å²) in [5.74, 6) is 1.30. The van der Waals surface area contributed by atoms with Gasteiger partial charge in [-0.05, 0) is 36.4 Å². The molecular weight excluding hydrogens is 246 g/mol. The Morgan fingerprint density at radius 2 is 2.11 bits per heavy atom. The normalized spacial score (nSPS) is 12.7. The van der Waals surface area contributed by atoms with Gasteiger partial charge in [0.05, 0.1) is 6.04 Å². The van der Waals surface area contributed by atoms with Crippen LogP contribution in [0.2, 0.25) is 0 Å². The second-order valence-corrected chi connectivity index (χ2v) is 5.60. The summed E-state index contributed by atoms with van der Waals surface area (Å²) in [5.41, 5.74) is 0. The Morgan fingerprint density at radius 3 is 2.61 bits per heavy atom. The van der Waals surface area contributed by atoms with E-state index in [0.717, 1.165) is 5.76 Å². The fourth-order valence-corrected chi connectivity index (χ4v) is 2.75. The van der Waals surface area contributed by atoms with E-state index in [1.54, 1.807) is 23.5 Å². The van der Waals surface area contributed by atoms with Crippen LogP contribution in [0.15, 0.2) is 34.1 Å². The maximum absolute atomic E-state index is 12.1. The predicted octanol–water partition coefficient (Wildman–Crippen LogP) is 3.78. The van der Waals surface area contributed by atoms with Crippen molar-refractivity contribution in [2.24, 2.45) is 5.92 Å². The van der Waals surface area contributed by atoms with Crippen LogP contribution in [0, 0.1) is 12.8 Å². The molecule has 4 heteroatoms. The highest BCUT2D eigenvalue weighted by Crippen LogP contribution is 2.26. The number of carbonyl (C=O) groups excluding carboxylic acids is 1. The summed E-state index contributed by atoms with van der Waals surface area (Å²) >= 11 is 1.66. The number of aryl methyl sites for hydroxylation is 1. The lowest BCUT2D eigenvalue weighted by molar-refractivity contribution is 0.0897. The highest BCUT2D eigenvalue weighted by Gasteiger charge is 2.21. The van der Waals surface area contributed by atoms with Crippen molar-refractivity contribution in [2.75, 3.05) is 0 Å². The monoisotopic (exact) mass is 263 g/mol. The molecule has 0 spiro atoms. The van der Waals surface area contributed by atoms with E-state index >= 15 is 0 Å². The fourth-order valence-electron chi connectivity index (χ4n) is 1.80. The number of furan rings is 1. The van der Waals surface area contributed by atoms with Gasteiger partial charge >= 0.3 is 0 Å². The molecule has 0 fully saturated rings. The molecule has 0 aliphatic carbocycles. The Morgan fingerprint density at radius 1 is 1.33 bits per heavy atom. The van der Waals surface area contributed by atoms with Crippen molar-refractivity contribution in [3.8, 4) is 0 Å². The minimum Gasteiger partial charge on any atom is -0.456 e. The number of rotatable bonds is 4. The molecule has 18 heavy (non-hydrogen) atoms. The van der Waals surface area contributed by atoms with Gasteiger partial charge in [0.2, 0.25) is 0 Å². The largest absolute Gasteiger partial charge is 0.456 e. The van der Waals surface area contributed by atoms with Crippen LogP contribution in [0.5, 0.6) is 0 Å². The summed E-state index contributed by atoms with van der Waals surface area (Å²) in [6.45, 7) is 6.02. The molecule has 1 unspecified atom stereocenters. The van der Waals surface area contributed by atoms with Gasteiger partial charge in [-0.15, -0.1) is 11.3 Å². The third-order valence-corrected chi connectivity index (χ3v) is 3.72. The first-order valence-corrected chi connectivity index (χ1v) is 6.86. The van der Waals surface area contributed by atoms with Crippen LogP contribution >= 0.6 is 11.3 Å². The summed E-state index contributed by atoms with van der Waals surface area (Å²) in [6, 6.07) is 7.57.